The summed E-state index contributed by atoms with van der Waals surface area (Å²) in [5, 5.41) is 0. The topological polar surface area (TPSA) is 62.3 Å². The first kappa shape index (κ1) is 27.4. The summed E-state index contributed by atoms with van der Waals surface area (Å²) in [6, 6.07) is 5.79. The molecule has 3 heterocycles. The van der Waals surface area contributed by atoms with Gasteiger partial charge in [-0.3, -0.25) is 14.5 Å². The quantitative estimate of drug-likeness (QED) is 0.528. The smallest absolute Gasteiger partial charge is 0.375 e. The molecular formula is C28H38F3N3O4. The number of hydrogen-bond acceptors (Lipinski definition) is 5. The molecule has 1 saturated carbocycles. The highest BCUT2D eigenvalue weighted by molar-refractivity contribution is 5.79. The fourth-order valence-electron chi connectivity index (χ4n) is 6.97. The molecule has 7 nitrogen and oxygen atoms in total. The summed E-state index contributed by atoms with van der Waals surface area (Å²) in [6.45, 7) is 6.54. The fraction of sp³-hybridized carbons (Fsp3) is 0.714. The van der Waals surface area contributed by atoms with Crippen LogP contribution < -0.4 is 0 Å². The minimum Gasteiger partial charge on any atom is -0.375 e. The van der Waals surface area contributed by atoms with Gasteiger partial charge in [-0.25, -0.2) is 0 Å². The second-order valence-corrected chi connectivity index (χ2v) is 11.6. The maximum atomic E-state index is 13.1. The Hall–Kier alpha value is -2.17. The zero-order valence-corrected chi connectivity index (χ0v) is 22.4. The highest BCUT2D eigenvalue weighted by Crippen LogP contribution is 2.51. The van der Waals surface area contributed by atoms with Gasteiger partial charge in [0.2, 0.25) is 11.8 Å². The predicted octanol–water partition coefficient (Wildman–Crippen LogP) is 3.91. The number of piperidine rings is 1. The second kappa shape index (κ2) is 10.4. The summed E-state index contributed by atoms with van der Waals surface area (Å²) in [4.78, 5) is 31.5. The molecule has 1 aromatic carbocycles. The molecule has 1 aliphatic carbocycles. The Labute approximate surface area is 222 Å². The molecule has 4 atom stereocenters. The van der Waals surface area contributed by atoms with Gasteiger partial charge in [0.1, 0.15) is 12.3 Å². The summed E-state index contributed by atoms with van der Waals surface area (Å²) >= 11 is 0. The van der Waals surface area contributed by atoms with E-state index in [1.54, 1.807) is 17.0 Å². The Morgan fingerprint density at radius 2 is 1.89 bits per heavy atom. The van der Waals surface area contributed by atoms with Crippen molar-refractivity contribution in [3.63, 3.8) is 0 Å². The van der Waals surface area contributed by atoms with E-state index in [-0.39, 0.29) is 42.5 Å². The molecule has 3 saturated heterocycles. The molecular weight excluding hydrogens is 499 g/mol. The molecule has 0 radical (unpaired) electrons. The molecule has 0 aromatic heterocycles. The van der Waals surface area contributed by atoms with Crippen molar-refractivity contribution >= 4 is 11.8 Å². The van der Waals surface area contributed by atoms with Gasteiger partial charge >= 0.3 is 6.18 Å². The van der Waals surface area contributed by atoms with Crippen molar-refractivity contribution in [2.45, 2.75) is 82.5 Å². The average Bonchev–Trinajstić information content (AvgIpc) is 3.23. The number of ether oxygens (including phenoxy) is 2. The number of carbonyl (C=O) groups is 2. The van der Waals surface area contributed by atoms with Gasteiger partial charge in [0, 0.05) is 51.2 Å². The number of methoxy groups -OCH3 is 1. The lowest BCUT2D eigenvalue weighted by Gasteiger charge is -2.56. The van der Waals surface area contributed by atoms with Crippen LogP contribution in [0.2, 0.25) is 0 Å². The highest BCUT2D eigenvalue weighted by atomic mass is 19.4. The zero-order valence-electron chi connectivity index (χ0n) is 22.4. The number of carbonyl (C=O) groups excluding carboxylic acids is 2. The van der Waals surface area contributed by atoms with Crippen molar-refractivity contribution < 1.29 is 32.2 Å². The first-order chi connectivity index (χ1) is 18.0. The molecule has 0 N–H and O–H groups in total. The van der Waals surface area contributed by atoms with E-state index in [9.17, 15) is 22.8 Å². The van der Waals surface area contributed by atoms with E-state index in [1.165, 1.54) is 7.11 Å². The molecule has 0 bridgehead atoms. The molecule has 3 aliphatic heterocycles. The van der Waals surface area contributed by atoms with Crippen LogP contribution in [-0.4, -0.2) is 83.8 Å². The van der Waals surface area contributed by atoms with Crippen LogP contribution in [0.1, 0.15) is 57.1 Å². The Bertz CT molecular complexity index is 1030. The van der Waals surface area contributed by atoms with Gasteiger partial charge in [-0.15, -0.1) is 0 Å². The first-order valence-electron chi connectivity index (χ1n) is 13.7. The zero-order chi connectivity index (χ0) is 27.2. The van der Waals surface area contributed by atoms with Crippen molar-refractivity contribution in [2.24, 2.45) is 11.8 Å². The van der Waals surface area contributed by atoms with E-state index in [0.29, 0.717) is 38.6 Å². The van der Waals surface area contributed by atoms with Crippen LogP contribution in [0, 0.1) is 11.8 Å². The van der Waals surface area contributed by atoms with E-state index in [4.69, 9.17) is 9.47 Å². The molecule has 38 heavy (non-hydrogen) atoms. The third kappa shape index (κ3) is 4.95. The van der Waals surface area contributed by atoms with Crippen LogP contribution in [0.5, 0.6) is 0 Å². The Kier molecular flexibility index (Phi) is 7.52. The third-order valence-electron chi connectivity index (χ3n) is 9.09. The van der Waals surface area contributed by atoms with Gasteiger partial charge in [0.15, 0.2) is 0 Å². The van der Waals surface area contributed by atoms with Gasteiger partial charge in [0.25, 0.3) is 0 Å². The number of benzene rings is 1. The molecule has 1 aromatic rings. The Morgan fingerprint density at radius 1 is 1.18 bits per heavy atom. The number of likely N-dealkylation sites (tertiary alicyclic amines) is 1. The summed E-state index contributed by atoms with van der Waals surface area (Å²) in [7, 11) is 1.50. The van der Waals surface area contributed by atoms with E-state index >= 15 is 0 Å². The number of halogens is 3. The fourth-order valence-corrected chi connectivity index (χ4v) is 6.97. The molecule has 1 spiro atoms. The van der Waals surface area contributed by atoms with Crippen molar-refractivity contribution in [3.8, 4) is 0 Å². The van der Waals surface area contributed by atoms with Crippen LogP contribution in [0.3, 0.4) is 0 Å². The predicted molar refractivity (Wildman–Crippen MR) is 134 cm³/mol. The van der Waals surface area contributed by atoms with E-state index in [2.05, 4.69) is 23.6 Å². The van der Waals surface area contributed by atoms with Gasteiger partial charge in [-0.05, 0) is 49.3 Å². The van der Waals surface area contributed by atoms with Crippen molar-refractivity contribution in [1.82, 2.24) is 14.7 Å². The SMILES string of the molecule is COCC(=O)N1CC(N(Cc2ccc(C(F)(F)F)cc2)[C@H]2CC[C@]34OC[C@H](C(C)C)N3C(=O)CC[C@@H]4C2)C1. The standard InChI is InChI=1S/C28H38F3N3O4/c1-18(2)24-16-38-27-11-10-22(12-21(27)8-9-25(35)34(24)27)33(23-14-32(15-23)26(36)17-37-3)13-19-4-6-20(7-5-19)28(29,30)31/h4-7,18,21-24H,8-17H2,1-3H3/t21-,22+,24-,27-/m1/s1. The van der Waals surface area contributed by atoms with Crippen LogP contribution in [0.4, 0.5) is 13.2 Å². The molecule has 4 fully saturated rings. The Balaban J connectivity index is 1.35. The monoisotopic (exact) mass is 537 g/mol. The number of alkyl halides is 3. The molecule has 2 amide bonds. The van der Waals surface area contributed by atoms with Crippen LogP contribution in [-0.2, 0) is 31.8 Å². The largest absolute Gasteiger partial charge is 0.416 e. The maximum Gasteiger partial charge on any atom is 0.416 e. The lowest BCUT2D eigenvalue weighted by Crippen LogP contribution is -2.66. The summed E-state index contributed by atoms with van der Waals surface area (Å²) in [5.74, 6) is 0.658. The number of amides is 2. The first-order valence-corrected chi connectivity index (χ1v) is 13.7. The van der Waals surface area contributed by atoms with Crippen LogP contribution in [0.25, 0.3) is 0 Å². The molecule has 0 unspecified atom stereocenters. The van der Waals surface area contributed by atoms with E-state index in [1.807, 2.05) is 0 Å². The summed E-state index contributed by atoms with van der Waals surface area (Å²) < 4.78 is 50.8. The second-order valence-electron chi connectivity index (χ2n) is 11.6. The lowest BCUT2D eigenvalue weighted by atomic mass is 9.72. The molecule has 4 aliphatic rings. The lowest BCUT2D eigenvalue weighted by molar-refractivity contribution is -0.194. The third-order valence-corrected chi connectivity index (χ3v) is 9.09. The highest BCUT2D eigenvalue weighted by Gasteiger charge is 2.59. The molecule has 5 rings (SSSR count). The Morgan fingerprint density at radius 3 is 2.53 bits per heavy atom. The number of nitrogens with zero attached hydrogens (tertiary/aromatic N) is 3. The molecule has 10 heteroatoms. The minimum absolute atomic E-state index is 0.0396. The van der Waals surface area contributed by atoms with Gasteiger partial charge in [-0.2, -0.15) is 13.2 Å². The van der Waals surface area contributed by atoms with Gasteiger partial charge in [-0.1, -0.05) is 26.0 Å². The van der Waals surface area contributed by atoms with E-state index < -0.39 is 17.5 Å². The maximum absolute atomic E-state index is 13.1. The van der Waals surface area contributed by atoms with Crippen LogP contribution in [0.15, 0.2) is 24.3 Å². The van der Waals surface area contributed by atoms with E-state index in [0.717, 1.165) is 43.4 Å². The van der Waals surface area contributed by atoms with Crippen molar-refractivity contribution in [2.75, 3.05) is 33.4 Å². The van der Waals surface area contributed by atoms with Crippen molar-refractivity contribution in [1.29, 1.82) is 0 Å². The van der Waals surface area contributed by atoms with Gasteiger partial charge in [0.05, 0.1) is 18.2 Å². The number of rotatable bonds is 7. The molecule has 210 valence electrons. The van der Waals surface area contributed by atoms with Gasteiger partial charge < -0.3 is 19.3 Å². The summed E-state index contributed by atoms with van der Waals surface area (Å²) in [6.07, 6.45) is -0.626. The normalized spacial score (nSPS) is 30.0. The average molecular weight is 538 g/mol. The number of hydrogen-bond donors (Lipinski definition) is 0. The van der Waals surface area contributed by atoms with Crippen LogP contribution >= 0.6 is 0 Å². The minimum atomic E-state index is -4.37. The summed E-state index contributed by atoms with van der Waals surface area (Å²) in [5.41, 5.74) is -0.379. The van der Waals surface area contributed by atoms with Crippen molar-refractivity contribution in [3.05, 3.63) is 35.4 Å².